The zero-order valence-electron chi connectivity index (χ0n) is 15.0. The van der Waals surface area contributed by atoms with E-state index in [1.807, 2.05) is 25.1 Å². The van der Waals surface area contributed by atoms with Crippen LogP contribution in [0.25, 0.3) is 0 Å². The van der Waals surface area contributed by atoms with Gasteiger partial charge in [0.1, 0.15) is 0 Å². The van der Waals surface area contributed by atoms with Gasteiger partial charge in [-0.2, -0.15) is 0 Å². The number of aryl methyl sites for hydroxylation is 1. The first kappa shape index (κ1) is 20.8. The Bertz CT molecular complexity index is 914. The lowest BCUT2D eigenvalue weighted by Crippen LogP contribution is -2.24. The van der Waals surface area contributed by atoms with Gasteiger partial charge in [-0.1, -0.05) is 29.8 Å². The summed E-state index contributed by atoms with van der Waals surface area (Å²) in [5, 5.41) is 3.01. The van der Waals surface area contributed by atoms with Gasteiger partial charge in [-0.15, -0.1) is 11.8 Å². The van der Waals surface area contributed by atoms with Crippen LogP contribution in [0.5, 0.6) is 0 Å². The van der Waals surface area contributed by atoms with Crippen molar-refractivity contribution in [3.63, 3.8) is 0 Å². The maximum absolute atomic E-state index is 12.5. The quantitative estimate of drug-likeness (QED) is 0.727. The SMILES string of the molecule is Cc1ccc(S(=O)(=O)N(C)C)cc1NC(=O)C(C)Sc1ccccc1Cl. The average molecular weight is 413 g/mol. The minimum atomic E-state index is -3.57. The number of nitrogens with one attached hydrogen (secondary N) is 1. The van der Waals surface area contributed by atoms with Crippen LogP contribution < -0.4 is 5.32 Å². The van der Waals surface area contributed by atoms with E-state index in [4.69, 9.17) is 11.6 Å². The second kappa shape index (κ2) is 8.43. The Morgan fingerprint density at radius 2 is 1.85 bits per heavy atom. The Balaban J connectivity index is 2.19. The number of nitrogens with zero attached hydrogens (tertiary/aromatic N) is 1. The molecule has 0 heterocycles. The fourth-order valence-electron chi connectivity index (χ4n) is 2.13. The van der Waals surface area contributed by atoms with Gasteiger partial charge in [0.25, 0.3) is 0 Å². The minimum absolute atomic E-state index is 0.134. The number of sulfonamides is 1. The molecule has 1 N–H and O–H groups in total. The van der Waals surface area contributed by atoms with Crippen LogP contribution in [0.2, 0.25) is 5.02 Å². The first-order chi connectivity index (χ1) is 12.1. The van der Waals surface area contributed by atoms with Crippen LogP contribution in [0.3, 0.4) is 0 Å². The van der Waals surface area contributed by atoms with Crippen molar-refractivity contribution in [3.05, 3.63) is 53.1 Å². The topological polar surface area (TPSA) is 66.5 Å². The lowest BCUT2D eigenvalue weighted by molar-refractivity contribution is -0.115. The van der Waals surface area contributed by atoms with E-state index in [0.717, 1.165) is 14.8 Å². The van der Waals surface area contributed by atoms with E-state index < -0.39 is 15.3 Å². The Morgan fingerprint density at radius 3 is 2.46 bits per heavy atom. The molecule has 0 aliphatic heterocycles. The molecule has 0 saturated heterocycles. The number of amides is 1. The Labute approximate surface area is 163 Å². The summed E-state index contributed by atoms with van der Waals surface area (Å²) in [6.45, 7) is 3.59. The number of carbonyl (C=O) groups excluding carboxylic acids is 1. The highest BCUT2D eigenvalue weighted by atomic mass is 35.5. The summed E-state index contributed by atoms with van der Waals surface area (Å²) in [6, 6.07) is 12.0. The third-order valence-electron chi connectivity index (χ3n) is 3.76. The predicted octanol–water partition coefficient (Wildman–Crippen LogP) is 4.02. The molecule has 0 bridgehead atoms. The van der Waals surface area contributed by atoms with Crippen LogP contribution in [-0.4, -0.2) is 38.0 Å². The molecular formula is C18H21ClN2O3S2. The first-order valence-electron chi connectivity index (χ1n) is 7.88. The van der Waals surface area contributed by atoms with Gasteiger partial charge in [-0.05, 0) is 43.7 Å². The number of rotatable bonds is 6. The summed E-state index contributed by atoms with van der Waals surface area (Å²) in [5.74, 6) is -0.225. The fraction of sp³-hybridized carbons (Fsp3) is 0.278. The molecule has 0 fully saturated rings. The van der Waals surface area contributed by atoms with E-state index in [9.17, 15) is 13.2 Å². The van der Waals surface area contributed by atoms with E-state index in [1.165, 1.54) is 38.0 Å². The molecule has 1 atom stereocenters. The zero-order valence-corrected chi connectivity index (χ0v) is 17.4. The van der Waals surface area contributed by atoms with Gasteiger partial charge in [0, 0.05) is 24.7 Å². The molecule has 2 rings (SSSR count). The van der Waals surface area contributed by atoms with Crippen molar-refractivity contribution in [3.8, 4) is 0 Å². The van der Waals surface area contributed by atoms with Crippen molar-refractivity contribution >= 4 is 45.0 Å². The maximum atomic E-state index is 12.5. The number of benzene rings is 2. The van der Waals surface area contributed by atoms with E-state index in [0.29, 0.717) is 10.7 Å². The molecule has 1 unspecified atom stereocenters. The van der Waals surface area contributed by atoms with E-state index >= 15 is 0 Å². The third-order valence-corrected chi connectivity index (χ3v) is 7.19. The largest absolute Gasteiger partial charge is 0.325 e. The highest BCUT2D eigenvalue weighted by molar-refractivity contribution is 8.00. The number of carbonyl (C=O) groups is 1. The Kier molecular flexibility index (Phi) is 6.74. The summed E-state index contributed by atoms with van der Waals surface area (Å²) < 4.78 is 25.7. The van der Waals surface area contributed by atoms with Crippen molar-refractivity contribution in [1.82, 2.24) is 4.31 Å². The number of hydrogen-bond donors (Lipinski definition) is 1. The smallest absolute Gasteiger partial charge is 0.242 e. The second-order valence-electron chi connectivity index (χ2n) is 5.94. The van der Waals surface area contributed by atoms with E-state index in [2.05, 4.69) is 5.32 Å². The van der Waals surface area contributed by atoms with Crippen LogP contribution in [0.4, 0.5) is 5.69 Å². The molecule has 8 heteroatoms. The Hall–Kier alpha value is -1.54. The number of anilines is 1. The van der Waals surface area contributed by atoms with Crippen LogP contribution in [-0.2, 0) is 14.8 Å². The second-order valence-corrected chi connectivity index (χ2v) is 9.89. The van der Waals surface area contributed by atoms with Crippen LogP contribution in [0, 0.1) is 6.92 Å². The van der Waals surface area contributed by atoms with Gasteiger partial charge in [-0.3, -0.25) is 4.79 Å². The van der Waals surface area contributed by atoms with Gasteiger partial charge in [0.2, 0.25) is 15.9 Å². The van der Waals surface area contributed by atoms with Gasteiger partial charge < -0.3 is 5.32 Å². The summed E-state index contributed by atoms with van der Waals surface area (Å²) >= 11 is 7.48. The molecule has 0 aromatic heterocycles. The molecule has 2 aromatic carbocycles. The van der Waals surface area contributed by atoms with Crippen molar-refractivity contribution in [1.29, 1.82) is 0 Å². The normalized spacial score (nSPS) is 12.8. The molecule has 140 valence electrons. The van der Waals surface area contributed by atoms with Gasteiger partial charge in [0.05, 0.1) is 15.2 Å². The standard InChI is InChI=1S/C18H21ClN2O3S2/c1-12-9-10-14(26(23,24)21(3)4)11-16(12)20-18(22)13(2)25-17-8-6-5-7-15(17)19/h5-11,13H,1-4H3,(H,20,22). The van der Waals surface area contributed by atoms with Gasteiger partial charge in [-0.25, -0.2) is 12.7 Å². The predicted molar refractivity (Wildman–Crippen MR) is 107 cm³/mol. The highest BCUT2D eigenvalue weighted by Gasteiger charge is 2.20. The molecular weight excluding hydrogens is 392 g/mol. The van der Waals surface area contributed by atoms with Crippen molar-refractivity contribution in [2.75, 3.05) is 19.4 Å². The summed E-state index contributed by atoms with van der Waals surface area (Å²) in [7, 11) is -0.631. The monoisotopic (exact) mass is 412 g/mol. The molecule has 0 aliphatic rings. The lowest BCUT2D eigenvalue weighted by Gasteiger charge is -2.16. The first-order valence-corrected chi connectivity index (χ1v) is 10.6. The molecule has 2 aromatic rings. The molecule has 1 amide bonds. The van der Waals surface area contributed by atoms with Crippen molar-refractivity contribution in [2.45, 2.75) is 28.9 Å². The molecule has 0 saturated carbocycles. The van der Waals surface area contributed by atoms with Crippen LogP contribution in [0.15, 0.2) is 52.3 Å². The molecule has 0 spiro atoms. The summed E-state index contributed by atoms with van der Waals surface area (Å²) in [5.41, 5.74) is 1.26. The van der Waals surface area contributed by atoms with Crippen molar-refractivity contribution in [2.24, 2.45) is 0 Å². The number of thioether (sulfide) groups is 1. The van der Waals surface area contributed by atoms with Gasteiger partial charge >= 0.3 is 0 Å². The van der Waals surface area contributed by atoms with Crippen molar-refractivity contribution < 1.29 is 13.2 Å². The molecule has 0 aliphatic carbocycles. The Morgan fingerprint density at radius 1 is 1.19 bits per heavy atom. The minimum Gasteiger partial charge on any atom is -0.325 e. The van der Waals surface area contributed by atoms with E-state index in [-0.39, 0.29) is 10.8 Å². The number of halogens is 1. The average Bonchev–Trinajstić information content (AvgIpc) is 2.58. The van der Waals surface area contributed by atoms with E-state index in [1.54, 1.807) is 19.1 Å². The molecule has 26 heavy (non-hydrogen) atoms. The zero-order chi connectivity index (χ0) is 19.5. The van der Waals surface area contributed by atoms with Gasteiger partial charge in [0.15, 0.2) is 0 Å². The highest BCUT2D eigenvalue weighted by Crippen LogP contribution is 2.31. The lowest BCUT2D eigenvalue weighted by atomic mass is 10.2. The summed E-state index contributed by atoms with van der Waals surface area (Å²) in [4.78, 5) is 13.5. The van der Waals surface area contributed by atoms with Crippen LogP contribution >= 0.6 is 23.4 Å². The number of hydrogen-bond acceptors (Lipinski definition) is 4. The third kappa shape index (κ3) is 4.79. The molecule has 5 nitrogen and oxygen atoms in total. The summed E-state index contributed by atoms with van der Waals surface area (Å²) in [6.07, 6.45) is 0. The fourth-order valence-corrected chi connectivity index (χ4v) is 4.21. The maximum Gasteiger partial charge on any atom is 0.242 e. The molecule has 0 radical (unpaired) electrons. The van der Waals surface area contributed by atoms with Crippen LogP contribution in [0.1, 0.15) is 12.5 Å².